The van der Waals surface area contributed by atoms with Crippen molar-refractivity contribution < 1.29 is 13.9 Å². The van der Waals surface area contributed by atoms with Gasteiger partial charge in [-0.05, 0) is 44.2 Å². The maximum Gasteiger partial charge on any atom is 0.241 e. The summed E-state index contributed by atoms with van der Waals surface area (Å²) >= 11 is 6.00. The van der Waals surface area contributed by atoms with E-state index in [0.29, 0.717) is 12.3 Å². The van der Waals surface area contributed by atoms with Crippen LogP contribution in [0.15, 0.2) is 42.5 Å². The van der Waals surface area contributed by atoms with Crippen molar-refractivity contribution >= 4 is 28.9 Å². The first kappa shape index (κ1) is 20.4. The van der Waals surface area contributed by atoms with E-state index in [2.05, 4.69) is 21.2 Å². The number of ether oxygens (including phenoxy) is 1. The number of para-hydroxylation sites is 2. The maximum absolute atomic E-state index is 13.2. The van der Waals surface area contributed by atoms with Gasteiger partial charge in [0.1, 0.15) is 11.6 Å². The van der Waals surface area contributed by atoms with E-state index < -0.39 is 5.82 Å². The summed E-state index contributed by atoms with van der Waals surface area (Å²) < 4.78 is 18.9. The number of amides is 1. The second-order valence-corrected chi connectivity index (χ2v) is 7.12. The Bertz CT molecular complexity index is 825. The number of carbonyl (C=O) groups excluding carboxylic acids is 1. The minimum Gasteiger partial charge on any atom is -0.492 e. The van der Waals surface area contributed by atoms with Crippen LogP contribution in [0.2, 0.25) is 5.02 Å². The molecule has 0 spiro atoms. The van der Waals surface area contributed by atoms with Crippen molar-refractivity contribution in [2.45, 2.75) is 19.9 Å². The summed E-state index contributed by atoms with van der Waals surface area (Å²) in [6, 6.07) is 11.7. The van der Waals surface area contributed by atoms with Crippen LogP contribution < -0.4 is 15.0 Å². The lowest BCUT2D eigenvalue weighted by atomic mass is 10.2. The average Bonchev–Trinajstić information content (AvgIpc) is 2.70. The zero-order valence-corrected chi connectivity index (χ0v) is 16.9. The van der Waals surface area contributed by atoms with Gasteiger partial charge in [-0.2, -0.15) is 0 Å². The van der Waals surface area contributed by atoms with Gasteiger partial charge in [0.05, 0.1) is 29.0 Å². The second-order valence-electron chi connectivity index (χ2n) is 6.71. The number of piperazine rings is 1. The van der Waals surface area contributed by atoms with Crippen molar-refractivity contribution in [3.05, 3.63) is 53.3 Å². The number of nitrogens with zero attached hydrogens (tertiary/aromatic N) is 2. The summed E-state index contributed by atoms with van der Waals surface area (Å²) in [5, 5.41) is 2.98. The lowest BCUT2D eigenvalue weighted by Gasteiger charge is -2.39. The first-order valence-corrected chi connectivity index (χ1v) is 9.84. The van der Waals surface area contributed by atoms with Crippen LogP contribution in [0.25, 0.3) is 0 Å². The Kier molecular flexibility index (Phi) is 6.75. The molecule has 28 heavy (non-hydrogen) atoms. The van der Waals surface area contributed by atoms with Gasteiger partial charge in [-0.3, -0.25) is 9.69 Å². The fourth-order valence-corrected chi connectivity index (χ4v) is 3.55. The number of anilines is 2. The molecule has 0 aromatic heterocycles. The number of hydrogen-bond donors (Lipinski definition) is 1. The molecule has 3 rings (SSSR count). The van der Waals surface area contributed by atoms with E-state index in [1.807, 2.05) is 32.0 Å². The van der Waals surface area contributed by atoms with Gasteiger partial charge in [0.25, 0.3) is 0 Å². The van der Waals surface area contributed by atoms with E-state index in [4.69, 9.17) is 16.3 Å². The molecule has 5 nitrogen and oxygen atoms in total. The van der Waals surface area contributed by atoms with Crippen LogP contribution >= 0.6 is 11.6 Å². The van der Waals surface area contributed by atoms with Gasteiger partial charge >= 0.3 is 0 Å². The number of rotatable bonds is 6. The Balaban J connectivity index is 1.59. The summed E-state index contributed by atoms with van der Waals surface area (Å²) in [6.45, 7) is 7.59. The van der Waals surface area contributed by atoms with Gasteiger partial charge in [0.15, 0.2) is 0 Å². The van der Waals surface area contributed by atoms with Crippen molar-refractivity contribution in [2.75, 3.05) is 43.0 Å². The number of halogens is 2. The van der Waals surface area contributed by atoms with E-state index in [1.54, 1.807) is 0 Å². The van der Waals surface area contributed by atoms with Gasteiger partial charge in [-0.25, -0.2) is 4.39 Å². The topological polar surface area (TPSA) is 44.8 Å². The predicted octanol–water partition coefficient (Wildman–Crippen LogP) is 4.03. The van der Waals surface area contributed by atoms with E-state index >= 15 is 0 Å². The number of nitrogens with one attached hydrogen (secondary N) is 1. The highest BCUT2D eigenvalue weighted by Crippen LogP contribution is 2.29. The molecule has 7 heteroatoms. The van der Waals surface area contributed by atoms with Gasteiger partial charge in [0.2, 0.25) is 5.91 Å². The minimum absolute atomic E-state index is 0.156. The number of hydrogen-bond acceptors (Lipinski definition) is 4. The highest BCUT2D eigenvalue weighted by Gasteiger charge is 2.27. The van der Waals surface area contributed by atoms with Gasteiger partial charge < -0.3 is 15.0 Å². The molecule has 150 valence electrons. The van der Waals surface area contributed by atoms with Gasteiger partial charge in [0, 0.05) is 26.2 Å². The molecule has 0 radical (unpaired) electrons. The summed E-state index contributed by atoms with van der Waals surface area (Å²) in [5.41, 5.74) is 1.50. The summed E-state index contributed by atoms with van der Waals surface area (Å²) in [5.74, 6) is 0.298. The van der Waals surface area contributed by atoms with Crippen LogP contribution in [-0.4, -0.2) is 49.6 Å². The molecular formula is C21H25ClFN3O2. The third-order valence-corrected chi connectivity index (χ3v) is 5.25. The molecule has 1 saturated heterocycles. The van der Waals surface area contributed by atoms with E-state index in [1.165, 1.54) is 18.2 Å². The summed E-state index contributed by atoms with van der Waals surface area (Å²) in [4.78, 5) is 17.0. The molecule has 0 aliphatic carbocycles. The van der Waals surface area contributed by atoms with Crippen LogP contribution in [0.4, 0.5) is 15.8 Å². The molecule has 1 unspecified atom stereocenters. The van der Waals surface area contributed by atoms with E-state index in [-0.39, 0.29) is 17.0 Å². The van der Waals surface area contributed by atoms with Crippen molar-refractivity contribution in [1.82, 2.24) is 4.90 Å². The largest absolute Gasteiger partial charge is 0.492 e. The highest BCUT2D eigenvalue weighted by atomic mass is 35.5. The van der Waals surface area contributed by atoms with Crippen molar-refractivity contribution in [2.24, 2.45) is 0 Å². The van der Waals surface area contributed by atoms with E-state index in [0.717, 1.165) is 37.6 Å². The predicted molar refractivity (Wildman–Crippen MR) is 111 cm³/mol. The van der Waals surface area contributed by atoms with Crippen molar-refractivity contribution in [1.29, 1.82) is 0 Å². The first-order valence-electron chi connectivity index (χ1n) is 9.46. The number of benzene rings is 2. The van der Waals surface area contributed by atoms with Crippen molar-refractivity contribution in [3.63, 3.8) is 0 Å². The Labute approximate surface area is 170 Å². The average molecular weight is 406 g/mol. The molecule has 0 saturated carbocycles. The van der Waals surface area contributed by atoms with Gasteiger partial charge in [-0.15, -0.1) is 0 Å². The molecule has 0 bridgehead atoms. The Morgan fingerprint density at radius 3 is 2.61 bits per heavy atom. The van der Waals surface area contributed by atoms with Crippen LogP contribution in [0.3, 0.4) is 0 Å². The molecule has 1 amide bonds. The van der Waals surface area contributed by atoms with E-state index in [9.17, 15) is 9.18 Å². The smallest absolute Gasteiger partial charge is 0.241 e. The normalized spacial score (nSPS) is 15.9. The third-order valence-electron chi connectivity index (χ3n) is 4.94. The standard InChI is InChI=1S/C21H25ClFN3O2/c1-3-28-20-7-5-4-6-19(20)26-12-10-25(11-13-26)15(2)21(27)24-18-9-8-16(23)14-17(18)22/h4-9,14-15H,3,10-13H2,1-2H3,(H,24,27). The second kappa shape index (κ2) is 9.26. The first-order chi connectivity index (χ1) is 13.5. The minimum atomic E-state index is -0.431. The SMILES string of the molecule is CCOc1ccccc1N1CCN(C(C)C(=O)Nc2ccc(F)cc2Cl)CC1. The molecule has 1 N–H and O–H groups in total. The van der Waals surface area contributed by atoms with Crippen LogP contribution in [0, 0.1) is 5.82 Å². The Morgan fingerprint density at radius 2 is 1.93 bits per heavy atom. The quantitative estimate of drug-likeness (QED) is 0.788. The molecule has 1 aliphatic heterocycles. The van der Waals surface area contributed by atoms with Crippen LogP contribution in [-0.2, 0) is 4.79 Å². The number of carbonyl (C=O) groups is 1. The summed E-state index contributed by atoms with van der Waals surface area (Å²) in [7, 11) is 0. The summed E-state index contributed by atoms with van der Waals surface area (Å²) in [6.07, 6.45) is 0. The highest BCUT2D eigenvalue weighted by molar-refractivity contribution is 6.33. The zero-order chi connectivity index (χ0) is 20.1. The van der Waals surface area contributed by atoms with Crippen LogP contribution in [0.5, 0.6) is 5.75 Å². The molecular weight excluding hydrogens is 381 g/mol. The Hall–Kier alpha value is -2.31. The molecule has 2 aromatic rings. The zero-order valence-electron chi connectivity index (χ0n) is 16.1. The Morgan fingerprint density at radius 1 is 1.21 bits per heavy atom. The maximum atomic E-state index is 13.2. The van der Waals surface area contributed by atoms with Crippen LogP contribution in [0.1, 0.15) is 13.8 Å². The monoisotopic (exact) mass is 405 g/mol. The molecule has 1 aliphatic rings. The van der Waals surface area contributed by atoms with Gasteiger partial charge in [-0.1, -0.05) is 23.7 Å². The molecule has 1 fully saturated rings. The lowest BCUT2D eigenvalue weighted by molar-refractivity contribution is -0.120. The lowest BCUT2D eigenvalue weighted by Crippen LogP contribution is -2.52. The molecule has 1 atom stereocenters. The van der Waals surface area contributed by atoms with Crippen molar-refractivity contribution in [3.8, 4) is 5.75 Å². The molecule has 2 aromatic carbocycles. The fraction of sp³-hybridized carbons (Fsp3) is 0.381. The third kappa shape index (κ3) is 4.75. The fourth-order valence-electron chi connectivity index (χ4n) is 3.34. The molecule has 1 heterocycles.